The number of para-hydroxylation sites is 1. The summed E-state index contributed by atoms with van der Waals surface area (Å²) in [6.07, 6.45) is 2.81. The third kappa shape index (κ3) is 2.03. The second kappa shape index (κ2) is 5.34. The Morgan fingerprint density at radius 2 is 2.20 bits per heavy atom. The molecule has 0 saturated carbocycles. The quantitative estimate of drug-likeness (QED) is 0.741. The van der Waals surface area contributed by atoms with E-state index in [4.69, 9.17) is 17.0 Å². The topological polar surface area (TPSA) is 42.8 Å². The lowest BCUT2D eigenvalue weighted by Gasteiger charge is -2.17. The van der Waals surface area contributed by atoms with Crippen LogP contribution in [0.25, 0.3) is 21.9 Å². The normalized spacial score (nSPS) is 13.1. The number of fused-ring (bicyclic) bond motifs is 3. The molecule has 0 aliphatic heterocycles. The average Bonchev–Trinajstić information content (AvgIpc) is 2.81. The van der Waals surface area contributed by atoms with Gasteiger partial charge in [0.15, 0.2) is 4.77 Å². The van der Waals surface area contributed by atoms with Crippen molar-refractivity contribution in [3.05, 3.63) is 35.2 Å². The largest absolute Gasteiger partial charge is 0.383 e. The zero-order chi connectivity index (χ0) is 14.1. The Kier molecular flexibility index (Phi) is 3.54. The van der Waals surface area contributed by atoms with Crippen molar-refractivity contribution in [1.29, 1.82) is 0 Å². The molecule has 0 aliphatic rings. The third-order valence-electron chi connectivity index (χ3n) is 3.64. The number of ether oxygens (including phenoxy) is 1. The summed E-state index contributed by atoms with van der Waals surface area (Å²) in [7, 11) is 1.72. The molecule has 1 N–H and O–H groups in total. The van der Waals surface area contributed by atoms with E-state index in [0.29, 0.717) is 6.61 Å². The molecule has 2 heterocycles. The molecule has 3 rings (SSSR count). The van der Waals surface area contributed by atoms with E-state index in [2.05, 4.69) is 27.5 Å². The molecule has 0 saturated heterocycles. The first-order chi connectivity index (χ1) is 9.76. The first-order valence-electron chi connectivity index (χ1n) is 6.73. The molecule has 2 aromatic heterocycles. The van der Waals surface area contributed by atoms with Gasteiger partial charge in [-0.15, -0.1) is 0 Å². The van der Waals surface area contributed by atoms with E-state index in [1.54, 1.807) is 7.11 Å². The van der Waals surface area contributed by atoms with Gasteiger partial charge < -0.3 is 14.3 Å². The molecule has 0 bridgehead atoms. The van der Waals surface area contributed by atoms with E-state index < -0.39 is 0 Å². The Bertz CT molecular complexity index is 806. The van der Waals surface area contributed by atoms with Crippen LogP contribution < -0.4 is 0 Å². The van der Waals surface area contributed by atoms with Crippen molar-refractivity contribution in [2.75, 3.05) is 13.7 Å². The molecule has 0 fully saturated rings. The minimum Gasteiger partial charge on any atom is -0.383 e. The number of rotatable bonds is 4. The van der Waals surface area contributed by atoms with Gasteiger partial charge in [-0.05, 0) is 24.7 Å². The van der Waals surface area contributed by atoms with Gasteiger partial charge in [-0.25, -0.2) is 0 Å². The Morgan fingerprint density at radius 1 is 1.40 bits per heavy atom. The van der Waals surface area contributed by atoms with Crippen LogP contribution in [0.3, 0.4) is 0 Å². The zero-order valence-corrected chi connectivity index (χ0v) is 12.4. The molecule has 4 nitrogen and oxygen atoms in total. The fourth-order valence-electron chi connectivity index (χ4n) is 2.67. The Hall–Kier alpha value is -1.72. The minimum absolute atomic E-state index is 0.229. The number of benzene rings is 1. The number of nitrogens with one attached hydrogen (secondary N) is 1. The molecule has 3 aromatic rings. The van der Waals surface area contributed by atoms with Crippen molar-refractivity contribution >= 4 is 34.2 Å². The van der Waals surface area contributed by atoms with Gasteiger partial charge in [-0.1, -0.05) is 25.1 Å². The SMILES string of the molecule is CCC(COC)n1c(=S)[nH]c2cnc3ccccc3c21. The predicted octanol–water partition coefficient (Wildman–Crippen LogP) is 3.84. The summed E-state index contributed by atoms with van der Waals surface area (Å²) in [6.45, 7) is 2.79. The van der Waals surface area contributed by atoms with Crippen molar-refractivity contribution < 1.29 is 4.74 Å². The summed E-state index contributed by atoms with van der Waals surface area (Å²) in [5.41, 5.74) is 3.07. The van der Waals surface area contributed by atoms with Crippen LogP contribution in [-0.4, -0.2) is 28.3 Å². The molecule has 1 unspecified atom stereocenters. The lowest BCUT2D eigenvalue weighted by Crippen LogP contribution is -2.14. The van der Waals surface area contributed by atoms with Crippen LogP contribution in [-0.2, 0) is 4.74 Å². The molecule has 104 valence electrons. The Labute approximate surface area is 122 Å². The lowest BCUT2D eigenvalue weighted by atomic mass is 10.1. The van der Waals surface area contributed by atoms with Gasteiger partial charge in [-0.2, -0.15) is 0 Å². The minimum atomic E-state index is 0.229. The van der Waals surface area contributed by atoms with Crippen molar-refractivity contribution in [3.8, 4) is 0 Å². The maximum Gasteiger partial charge on any atom is 0.178 e. The molecule has 0 amide bonds. The molecule has 20 heavy (non-hydrogen) atoms. The highest BCUT2D eigenvalue weighted by Gasteiger charge is 2.16. The summed E-state index contributed by atoms with van der Waals surface area (Å²) in [5, 5.41) is 1.12. The third-order valence-corrected chi connectivity index (χ3v) is 3.94. The smallest absolute Gasteiger partial charge is 0.178 e. The van der Waals surface area contributed by atoms with E-state index in [-0.39, 0.29) is 6.04 Å². The number of aromatic amines is 1. The zero-order valence-electron chi connectivity index (χ0n) is 11.6. The fraction of sp³-hybridized carbons (Fsp3) is 0.333. The van der Waals surface area contributed by atoms with E-state index in [0.717, 1.165) is 33.1 Å². The number of hydrogen-bond donors (Lipinski definition) is 1. The van der Waals surface area contributed by atoms with Crippen LogP contribution >= 0.6 is 12.2 Å². The number of hydrogen-bond acceptors (Lipinski definition) is 3. The van der Waals surface area contributed by atoms with Crippen LogP contribution in [0, 0.1) is 4.77 Å². The van der Waals surface area contributed by atoms with E-state index in [1.807, 2.05) is 24.4 Å². The standard InChI is InChI=1S/C15H17N3OS/c1-3-10(9-19-2)18-14-11-6-4-5-7-12(11)16-8-13(14)17-15(18)20/h4-8,10H,3,9H2,1-2H3,(H,17,20). The summed E-state index contributed by atoms with van der Waals surface area (Å²) in [4.78, 5) is 7.72. The second-order valence-corrected chi connectivity index (χ2v) is 5.24. The molecule has 0 aliphatic carbocycles. The van der Waals surface area contributed by atoms with Crippen LogP contribution in [0.1, 0.15) is 19.4 Å². The van der Waals surface area contributed by atoms with Crippen LogP contribution in [0.15, 0.2) is 30.5 Å². The molecule has 5 heteroatoms. The summed E-state index contributed by atoms with van der Waals surface area (Å²) in [6, 6.07) is 8.36. The van der Waals surface area contributed by atoms with E-state index in [1.165, 1.54) is 0 Å². The number of imidazole rings is 1. The molecular formula is C15H17N3OS. The van der Waals surface area contributed by atoms with Gasteiger partial charge in [0.05, 0.1) is 35.4 Å². The number of H-pyrrole nitrogens is 1. The second-order valence-electron chi connectivity index (χ2n) is 4.86. The van der Waals surface area contributed by atoms with Crippen molar-refractivity contribution in [3.63, 3.8) is 0 Å². The highest BCUT2D eigenvalue weighted by atomic mass is 32.1. The van der Waals surface area contributed by atoms with Gasteiger partial charge in [0.2, 0.25) is 0 Å². The van der Waals surface area contributed by atoms with Crippen LogP contribution in [0.2, 0.25) is 0 Å². The monoisotopic (exact) mass is 287 g/mol. The maximum absolute atomic E-state index is 5.50. The lowest BCUT2D eigenvalue weighted by molar-refractivity contribution is 0.154. The van der Waals surface area contributed by atoms with E-state index >= 15 is 0 Å². The van der Waals surface area contributed by atoms with Gasteiger partial charge in [0.1, 0.15) is 0 Å². The summed E-state index contributed by atoms with van der Waals surface area (Å²) < 4.78 is 8.23. The highest BCUT2D eigenvalue weighted by Crippen LogP contribution is 2.27. The highest BCUT2D eigenvalue weighted by molar-refractivity contribution is 7.71. The number of aromatic nitrogens is 3. The molecule has 1 aromatic carbocycles. The maximum atomic E-state index is 5.50. The Morgan fingerprint density at radius 3 is 2.95 bits per heavy atom. The molecule has 1 atom stereocenters. The van der Waals surface area contributed by atoms with Crippen LogP contribution in [0.4, 0.5) is 0 Å². The van der Waals surface area contributed by atoms with Gasteiger partial charge in [0, 0.05) is 12.5 Å². The van der Waals surface area contributed by atoms with Crippen molar-refractivity contribution in [2.24, 2.45) is 0 Å². The van der Waals surface area contributed by atoms with Crippen LogP contribution in [0.5, 0.6) is 0 Å². The molecule has 0 spiro atoms. The van der Waals surface area contributed by atoms with Gasteiger partial charge >= 0.3 is 0 Å². The predicted molar refractivity (Wildman–Crippen MR) is 83.6 cm³/mol. The number of pyridine rings is 1. The molecular weight excluding hydrogens is 270 g/mol. The van der Waals surface area contributed by atoms with Crippen molar-refractivity contribution in [2.45, 2.75) is 19.4 Å². The van der Waals surface area contributed by atoms with Gasteiger partial charge in [0.25, 0.3) is 0 Å². The Balaban J connectivity index is 2.38. The first kappa shape index (κ1) is 13.3. The molecule has 0 radical (unpaired) electrons. The first-order valence-corrected chi connectivity index (χ1v) is 7.14. The van der Waals surface area contributed by atoms with Gasteiger partial charge in [-0.3, -0.25) is 4.98 Å². The number of methoxy groups -OCH3 is 1. The number of nitrogens with zero attached hydrogens (tertiary/aromatic N) is 2. The summed E-state index contributed by atoms with van der Waals surface area (Å²) >= 11 is 5.50. The fourth-order valence-corrected chi connectivity index (χ4v) is 3.02. The average molecular weight is 287 g/mol. The summed E-state index contributed by atoms with van der Waals surface area (Å²) in [5.74, 6) is 0. The van der Waals surface area contributed by atoms with E-state index in [9.17, 15) is 0 Å². The van der Waals surface area contributed by atoms with Crippen molar-refractivity contribution in [1.82, 2.24) is 14.5 Å².